The molecule has 202 valence electrons. The lowest BCUT2D eigenvalue weighted by atomic mass is 10.1. The maximum absolute atomic E-state index is 13.5. The largest absolute Gasteiger partial charge is 0.375 e. The molecule has 0 saturated carbocycles. The number of para-hydroxylation sites is 2. The maximum atomic E-state index is 13.5. The molecule has 0 aliphatic carbocycles. The lowest BCUT2D eigenvalue weighted by Gasteiger charge is -2.30. The molecule has 1 aliphatic rings. The Kier molecular flexibility index (Phi) is 8.62. The van der Waals surface area contributed by atoms with E-state index in [4.69, 9.17) is 0 Å². The standard InChI is InChI=1S/C33H30FN3O2S/c1-36(28-8-3-2-4-9-28)21-7-20-35-32(38)26-16-12-24(13-17-26)22-31-33(39)37(23-25-14-18-27(34)19-15-25)29-10-5-6-11-30(29)40-31/h2-6,8-19,22H,7,20-21,23H2,1H3,(H,35,38)/b31-22-. The molecule has 0 bridgehead atoms. The minimum atomic E-state index is -0.307. The van der Waals surface area contributed by atoms with Crippen molar-refractivity contribution in [1.29, 1.82) is 0 Å². The average Bonchev–Trinajstić information content (AvgIpc) is 2.99. The second kappa shape index (κ2) is 12.7. The molecular formula is C33H30FN3O2S. The summed E-state index contributed by atoms with van der Waals surface area (Å²) in [7, 11) is 2.04. The third kappa shape index (κ3) is 6.61. The molecule has 4 aromatic rings. The highest BCUT2D eigenvalue weighted by atomic mass is 32.2. The van der Waals surface area contributed by atoms with Gasteiger partial charge in [0.1, 0.15) is 5.82 Å². The second-order valence-electron chi connectivity index (χ2n) is 9.58. The summed E-state index contributed by atoms with van der Waals surface area (Å²) in [5.74, 6) is -0.544. The quantitative estimate of drug-likeness (QED) is 0.184. The van der Waals surface area contributed by atoms with Gasteiger partial charge in [-0.3, -0.25) is 9.59 Å². The normalized spacial score (nSPS) is 13.7. The molecule has 40 heavy (non-hydrogen) atoms. The van der Waals surface area contributed by atoms with Crippen molar-refractivity contribution in [3.8, 4) is 0 Å². The summed E-state index contributed by atoms with van der Waals surface area (Å²) in [4.78, 5) is 31.6. The first-order chi connectivity index (χ1) is 19.5. The highest BCUT2D eigenvalue weighted by Crippen LogP contribution is 2.42. The number of fused-ring (bicyclic) bond motifs is 1. The van der Waals surface area contributed by atoms with E-state index in [1.165, 1.54) is 23.9 Å². The van der Waals surface area contributed by atoms with Crippen LogP contribution in [0.4, 0.5) is 15.8 Å². The van der Waals surface area contributed by atoms with Gasteiger partial charge >= 0.3 is 0 Å². The van der Waals surface area contributed by atoms with E-state index in [1.54, 1.807) is 29.2 Å². The Hall–Kier alpha value is -4.36. The van der Waals surface area contributed by atoms with Crippen LogP contribution >= 0.6 is 11.8 Å². The molecule has 1 aliphatic heterocycles. The van der Waals surface area contributed by atoms with Crippen LogP contribution in [0.2, 0.25) is 0 Å². The smallest absolute Gasteiger partial charge is 0.265 e. The molecule has 1 heterocycles. The number of hydrogen-bond donors (Lipinski definition) is 1. The van der Waals surface area contributed by atoms with Crippen molar-refractivity contribution < 1.29 is 14.0 Å². The van der Waals surface area contributed by atoms with Crippen LogP contribution in [0.5, 0.6) is 0 Å². The van der Waals surface area contributed by atoms with Crippen molar-refractivity contribution in [2.45, 2.75) is 17.9 Å². The third-order valence-corrected chi connectivity index (χ3v) is 7.79. The molecule has 0 radical (unpaired) electrons. The molecular weight excluding hydrogens is 521 g/mol. The lowest BCUT2D eigenvalue weighted by molar-refractivity contribution is -0.114. The van der Waals surface area contributed by atoms with Crippen LogP contribution in [0.3, 0.4) is 0 Å². The first-order valence-corrected chi connectivity index (χ1v) is 14.0. The number of amides is 2. The first kappa shape index (κ1) is 27.2. The van der Waals surface area contributed by atoms with Gasteiger partial charge in [-0.1, -0.05) is 66.4 Å². The molecule has 0 aromatic heterocycles. The van der Waals surface area contributed by atoms with Gasteiger partial charge in [0, 0.05) is 36.3 Å². The number of benzene rings is 4. The van der Waals surface area contributed by atoms with E-state index in [-0.39, 0.29) is 17.6 Å². The van der Waals surface area contributed by atoms with Crippen LogP contribution in [0, 0.1) is 5.82 Å². The maximum Gasteiger partial charge on any atom is 0.265 e. The summed E-state index contributed by atoms with van der Waals surface area (Å²) < 4.78 is 13.4. The van der Waals surface area contributed by atoms with E-state index in [1.807, 2.05) is 67.7 Å². The van der Waals surface area contributed by atoms with Crippen molar-refractivity contribution in [1.82, 2.24) is 5.32 Å². The van der Waals surface area contributed by atoms with E-state index in [9.17, 15) is 14.0 Å². The molecule has 0 spiro atoms. The van der Waals surface area contributed by atoms with Crippen LogP contribution in [-0.4, -0.2) is 32.0 Å². The topological polar surface area (TPSA) is 52.7 Å². The molecule has 7 heteroatoms. The van der Waals surface area contributed by atoms with E-state index >= 15 is 0 Å². The van der Waals surface area contributed by atoms with Crippen molar-refractivity contribution in [2.75, 3.05) is 29.9 Å². The minimum Gasteiger partial charge on any atom is -0.375 e. The molecule has 0 unspecified atom stereocenters. The van der Waals surface area contributed by atoms with Crippen LogP contribution in [-0.2, 0) is 11.3 Å². The SMILES string of the molecule is CN(CCCNC(=O)c1ccc(/C=C2\Sc3ccccc3N(Cc3ccc(F)cc3)C2=O)cc1)c1ccccc1. The van der Waals surface area contributed by atoms with Gasteiger partial charge in [0.05, 0.1) is 17.1 Å². The monoisotopic (exact) mass is 551 g/mol. The van der Waals surface area contributed by atoms with Crippen LogP contribution in [0.15, 0.2) is 113 Å². The molecule has 0 fully saturated rings. The van der Waals surface area contributed by atoms with Crippen LogP contribution in [0.1, 0.15) is 27.9 Å². The summed E-state index contributed by atoms with van der Waals surface area (Å²) in [5, 5.41) is 2.99. The fourth-order valence-corrected chi connectivity index (χ4v) is 5.56. The van der Waals surface area contributed by atoms with E-state index in [0.717, 1.165) is 40.4 Å². The Morgan fingerprint density at radius 2 is 1.62 bits per heavy atom. The molecule has 4 aromatic carbocycles. The molecule has 0 atom stereocenters. The number of nitrogens with one attached hydrogen (secondary N) is 1. The number of thioether (sulfide) groups is 1. The molecule has 1 N–H and O–H groups in total. The van der Waals surface area contributed by atoms with Gasteiger partial charge in [0.2, 0.25) is 0 Å². The Labute approximate surface area is 238 Å². The molecule has 5 nitrogen and oxygen atoms in total. The predicted molar refractivity (Wildman–Crippen MR) is 161 cm³/mol. The van der Waals surface area contributed by atoms with Crippen molar-refractivity contribution in [3.05, 3.63) is 131 Å². The highest BCUT2D eigenvalue weighted by molar-refractivity contribution is 8.04. The summed E-state index contributed by atoms with van der Waals surface area (Å²) >= 11 is 1.43. The fourth-order valence-electron chi connectivity index (χ4n) is 4.51. The van der Waals surface area contributed by atoms with Gasteiger partial charge in [-0.05, 0) is 72.2 Å². The number of hydrogen-bond acceptors (Lipinski definition) is 4. The van der Waals surface area contributed by atoms with Crippen molar-refractivity contribution in [2.24, 2.45) is 0 Å². The summed E-state index contributed by atoms with van der Waals surface area (Å²) in [6.45, 7) is 1.76. The Morgan fingerprint density at radius 1 is 0.925 bits per heavy atom. The van der Waals surface area contributed by atoms with Gasteiger partial charge < -0.3 is 15.1 Å². The van der Waals surface area contributed by atoms with Gasteiger partial charge in [0.15, 0.2) is 0 Å². The first-order valence-electron chi connectivity index (χ1n) is 13.2. The van der Waals surface area contributed by atoms with Gasteiger partial charge in [-0.15, -0.1) is 0 Å². The lowest BCUT2D eigenvalue weighted by Crippen LogP contribution is -2.33. The summed E-state index contributed by atoms with van der Waals surface area (Å²) in [6, 6.07) is 31.4. The van der Waals surface area contributed by atoms with Gasteiger partial charge in [0.25, 0.3) is 11.8 Å². The highest BCUT2D eigenvalue weighted by Gasteiger charge is 2.29. The second-order valence-corrected chi connectivity index (χ2v) is 10.7. The predicted octanol–water partition coefficient (Wildman–Crippen LogP) is 6.76. The zero-order valence-electron chi connectivity index (χ0n) is 22.2. The zero-order valence-corrected chi connectivity index (χ0v) is 23.0. The van der Waals surface area contributed by atoms with Gasteiger partial charge in [-0.2, -0.15) is 0 Å². The zero-order chi connectivity index (χ0) is 27.9. The Balaban J connectivity index is 1.22. The van der Waals surface area contributed by atoms with Crippen LogP contribution < -0.4 is 15.1 Å². The van der Waals surface area contributed by atoms with Crippen molar-refractivity contribution >= 4 is 41.0 Å². The molecule has 5 rings (SSSR count). The number of carbonyl (C=O) groups is 2. The fraction of sp³-hybridized carbons (Fsp3) is 0.152. The number of halogens is 1. The Morgan fingerprint density at radius 3 is 2.38 bits per heavy atom. The Bertz CT molecular complexity index is 1510. The average molecular weight is 552 g/mol. The van der Waals surface area contributed by atoms with Gasteiger partial charge in [-0.25, -0.2) is 4.39 Å². The third-order valence-electron chi connectivity index (χ3n) is 6.71. The van der Waals surface area contributed by atoms with Crippen LogP contribution in [0.25, 0.3) is 6.08 Å². The number of rotatable bonds is 9. The van der Waals surface area contributed by atoms with E-state index in [2.05, 4.69) is 22.3 Å². The summed E-state index contributed by atoms with van der Waals surface area (Å²) in [6.07, 6.45) is 2.68. The number of carbonyl (C=O) groups excluding carboxylic acids is 2. The number of nitrogens with zero attached hydrogens (tertiary/aromatic N) is 2. The number of anilines is 2. The van der Waals surface area contributed by atoms with E-state index in [0.29, 0.717) is 23.6 Å². The minimum absolute atomic E-state index is 0.115. The molecule has 0 saturated heterocycles. The molecule has 2 amide bonds. The van der Waals surface area contributed by atoms with E-state index < -0.39 is 0 Å². The van der Waals surface area contributed by atoms with Crippen molar-refractivity contribution in [3.63, 3.8) is 0 Å². The summed E-state index contributed by atoms with van der Waals surface area (Å²) in [5.41, 5.74) is 4.23.